The molecule has 1 fully saturated rings. The summed E-state index contributed by atoms with van der Waals surface area (Å²) in [5, 5.41) is 6.07. The second kappa shape index (κ2) is 9.56. The van der Waals surface area contributed by atoms with Crippen molar-refractivity contribution in [2.24, 2.45) is 0 Å². The molecule has 0 spiro atoms. The molecule has 7 nitrogen and oxygen atoms in total. The van der Waals surface area contributed by atoms with Crippen LogP contribution in [0.2, 0.25) is 0 Å². The predicted octanol–water partition coefficient (Wildman–Crippen LogP) is 4.27. The van der Waals surface area contributed by atoms with E-state index in [1.807, 2.05) is 54.4 Å². The Morgan fingerprint density at radius 3 is 2.61 bits per heavy atom. The maximum Gasteiger partial charge on any atom is 0.243 e. The molecule has 1 N–H and O–H groups in total. The highest BCUT2D eigenvalue weighted by Gasteiger charge is 2.18. The number of likely N-dealkylation sites (N-methyl/N-ethyl adjacent to an activating group) is 1. The fourth-order valence-corrected chi connectivity index (χ4v) is 4.96. The third kappa shape index (κ3) is 4.67. The SMILES string of the molecule is CN(CC(=O)Nc1ccc(N2CCOCC2)cc1)c1ncnc2scc(-c3ccccc3)c12. The summed E-state index contributed by atoms with van der Waals surface area (Å²) in [4.78, 5) is 26.8. The first-order valence-electron chi connectivity index (χ1n) is 10.9. The Hall–Kier alpha value is -3.49. The van der Waals surface area contributed by atoms with Crippen LogP contribution in [0, 0.1) is 0 Å². The Kier molecular flexibility index (Phi) is 6.19. The fraction of sp³-hybridized carbons (Fsp3) is 0.240. The summed E-state index contributed by atoms with van der Waals surface area (Å²) in [5.41, 5.74) is 4.11. The molecule has 1 aliphatic heterocycles. The van der Waals surface area contributed by atoms with Crippen LogP contribution in [-0.4, -0.2) is 55.8 Å². The zero-order valence-electron chi connectivity index (χ0n) is 18.4. The number of rotatable bonds is 6. The summed E-state index contributed by atoms with van der Waals surface area (Å²) in [5.74, 6) is 0.651. The molecule has 8 heteroatoms. The number of nitrogens with one attached hydrogen (secondary N) is 1. The number of thiophene rings is 1. The van der Waals surface area contributed by atoms with Crippen LogP contribution >= 0.6 is 11.3 Å². The van der Waals surface area contributed by atoms with Crippen LogP contribution in [0.1, 0.15) is 0 Å². The molecule has 0 aliphatic carbocycles. The summed E-state index contributed by atoms with van der Waals surface area (Å²) in [7, 11) is 1.88. The van der Waals surface area contributed by atoms with Crippen molar-refractivity contribution in [3.05, 3.63) is 66.3 Å². The number of hydrogen-bond acceptors (Lipinski definition) is 7. The van der Waals surface area contributed by atoms with Gasteiger partial charge in [0.2, 0.25) is 5.91 Å². The van der Waals surface area contributed by atoms with Gasteiger partial charge >= 0.3 is 0 Å². The van der Waals surface area contributed by atoms with Gasteiger partial charge in [0, 0.05) is 42.5 Å². The van der Waals surface area contributed by atoms with Crippen LogP contribution < -0.4 is 15.1 Å². The van der Waals surface area contributed by atoms with Crippen molar-refractivity contribution >= 4 is 44.7 Å². The van der Waals surface area contributed by atoms with Gasteiger partial charge in [0.15, 0.2) is 0 Å². The molecule has 2 aromatic heterocycles. The molecule has 3 heterocycles. The standard InChI is InChI=1S/C25H25N5O2S/c1-29(15-22(31)28-19-7-9-20(10-8-19)30-11-13-32-14-12-30)24-23-21(18-5-3-2-4-6-18)16-33-25(23)27-17-26-24/h2-10,16-17H,11-15H2,1H3,(H,28,31). The molecule has 5 rings (SSSR count). The molecule has 168 valence electrons. The largest absolute Gasteiger partial charge is 0.378 e. The van der Waals surface area contributed by atoms with Crippen molar-refractivity contribution in [1.82, 2.24) is 9.97 Å². The van der Waals surface area contributed by atoms with E-state index in [1.165, 1.54) is 0 Å². The van der Waals surface area contributed by atoms with Gasteiger partial charge in [0.1, 0.15) is 17.0 Å². The number of benzene rings is 2. The second-order valence-corrected chi connectivity index (χ2v) is 8.80. The highest BCUT2D eigenvalue weighted by Crippen LogP contribution is 2.37. The minimum absolute atomic E-state index is 0.0973. The minimum atomic E-state index is -0.0973. The number of carbonyl (C=O) groups is 1. The highest BCUT2D eigenvalue weighted by molar-refractivity contribution is 7.17. The number of aromatic nitrogens is 2. The number of morpholine rings is 1. The third-order valence-electron chi connectivity index (χ3n) is 5.70. The van der Waals surface area contributed by atoms with Gasteiger partial charge in [-0.3, -0.25) is 4.79 Å². The summed E-state index contributed by atoms with van der Waals surface area (Å²) in [6, 6.07) is 18.1. The van der Waals surface area contributed by atoms with E-state index in [4.69, 9.17) is 4.74 Å². The quantitative estimate of drug-likeness (QED) is 0.464. The monoisotopic (exact) mass is 459 g/mol. The van der Waals surface area contributed by atoms with E-state index in [0.29, 0.717) is 0 Å². The lowest BCUT2D eigenvalue weighted by Gasteiger charge is -2.29. The molecular formula is C25H25N5O2S. The summed E-state index contributed by atoms with van der Waals surface area (Å²) in [6.07, 6.45) is 1.56. The summed E-state index contributed by atoms with van der Waals surface area (Å²) in [6.45, 7) is 3.45. The van der Waals surface area contributed by atoms with E-state index in [9.17, 15) is 4.79 Å². The minimum Gasteiger partial charge on any atom is -0.378 e. The number of amides is 1. The molecule has 0 saturated carbocycles. The Labute approximate surface area is 196 Å². The highest BCUT2D eigenvalue weighted by atomic mass is 32.1. The number of nitrogens with zero attached hydrogens (tertiary/aromatic N) is 4. The third-order valence-corrected chi connectivity index (χ3v) is 6.59. The average molecular weight is 460 g/mol. The van der Waals surface area contributed by atoms with Gasteiger partial charge in [-0.2, -0.15) is 0 Å². The van der Waals surface area contributed by atoms with Crippen molar-refractivity contribution < 1.29 is 9.53 Å². The van der Waals surface area contributed by atoms with E-state index in [0.717, 1.165) is 64.8 Å². The van der Waals surface area contributed by atoms with E-state index in [1.54, 1.807) is 17.7 Å². The lowest BCUT2D eigenvalue weighted by atomic mass is 10.1. The number of anilines is 3. The first kappa shape index (κ1) is 21.4. The van der Waals surface area contributed by atoms with Crippen LogP contribution in [0.4, 0.5) is 17.2 Å². The molecule has 1 aliphatic rings. The maximum absolute atomic E-state index is 12.8. The Bertz CT molecular complexity index is 1240. The van der Waals surface area contributed by atoms with Gasteiger partial charge in [-0.15, -0.1) is 11.3 Å². The molecule has 0 radical (unpaired) electrons. The van der Waals surface area contributed by atoms with Crippen LogP contribution in [0.3, 0.4) is 0 Å². The molecule has 33 heavy (non-hydrogen) atoms. The number of hydrogen-bond donors (Lipinski definition) is 1. The lowest BCUT2D eigenvalue weighted by Crippen LogP contribution is -2.36. The lowest BCUT2D eigenvalue weighted by molar-refractivity contribution is -0.114. The van der Waals surface area contributed by atoms with E-state index >= 15 is 0 Å². The van der Waals surface area contributed by atoms with Gasteiger partial charge in [-0.1, -0.05) is 30.3 Å². The molecule has 4 aromatic rings. The van der Waals surface area contributed by atoms with Crippen LogP contribution in [0.5, 0.6) is 0 Å². The molecule has 1 amide bonds. The smallest absolute Gasteiger partial charge is 0.243 e. The van der Waals surface area contributed by atoms with Gasteiger partial charge in [-0.25, -0.2) is 9.97 Å². The van der Waals surface area contributed by atoms with Gasteiger partial charge in [0.25, 0.3) is 0 Å². The Morgan fingerprint density at radius 2 is 1.85 bits per heavy atom. The summed E-state index contributed by atoms with van der Waals surface area (Å²) < 4.78 is 5.41. The van der Waals surface area contributed by atoms with Crippen molar-refractivity contribution in [3.63, 3.8) is 0 Å². The Morgan fingerprint density at radius 1 is 1.09 bits per heavy atom. The van der Waals surface area contributed by atoms with Crippen molar-refractivity contribution in [2.75, 3.05) is 55.0 Å². The van der Waals surface area contributed by atoms with Crippen LogP contribution in [-0.2, 0) is 9.53 Å². The van der Waals surface area contributed by atoms with E-state index in [2.05, 4.69) is 37.7 Å². The Balaban J connectivity index is 1.30. The molecule has 1 saturated heterocycles. The fourth-order valence-electron chi connectivity index (χ4n) is 4.05. The van der Waals surface area contributed by atoms with Crippen molar-refractivity contribution in [3.8, 4) is 11.1 Å². The first-order chi connectivity index (χ1) is 16.2. The topological polar surface area (TPSA) is 70.6 Å². The van der Waals surface area contributed by atoms with Gasteiger partial charge in [0.05, 0.1) is 25.1 Å². The van der Waals surface area contributed by atoms with E-state index in [-0.39, 0.29) is 12.5 Å². The number of ether oxygens (including phenoxy) is 1. The number of carbonyl (C=O) groups excluding carboxylic acids is 1. The molecule has 2 aromatic carbocycles. The van der Waals surface area contributed by atoms with Gasteiger partial charge < -0.3 is 19.9 Å². The van der Waals surface area contributed by atoms with Crippen LogP contribution in [0.25, 0.3) is 21.3 Å². The molecular weight excluding hydrogens is 434 g/mol. The molecule has 0 unspecified atom stereocenters. The summed E-state index contributed by atoms with van der Waals surface area (Å²) >= 11 is 1.58. The van der Waals surface area contributed by atoms with Crippen LogP contribution in [0.15, 0.2) is 66.3 Å². The zero-order valence-corrected chi connectivity index (χ0v) is 19.2. The van der Waals surface area contributed by atoms with Crippen molar-refractivity contribution in [1.29, 1.82) is 0 Å². The number of fused-ring (bicyclic) bond motifs is 1. The normalized spacial score (nSPS) is 13.8. The predicted molar refractivity (Wildman–Crippen MR) is 134 cm³/mol. The second-order valence-electron chi connectivity index (χ2n) is 7.94. The van der Waals surface area contributed by atoms with Crippen molar-refractivity contribution in [2.45, 2.75) is 0 Å². The average Bonchev–Trinajstić information content (AvgIpc) is 3.30. The first-order valence-corrected chi connectivity index (χ1v) is 11.8. The molecule has 0 atom stereocenters. The zero-order chi connectivity index (χ0) is 22.6. The van der Waals surface area contributed by atoms with Gasteiger partial charge in [-0.05, 0) is 29.8 Å². The van der Waals surface area contributed by atoms with E-state index < -0.39 is 0 Å². The molecule has 0 bridgehead atoms. The maximum atomic E-state index is 12.8.